The van der Waals surface area contributed by atoms with Crippen LogP contribution in [-0.4, -0.2) is 42.7 Å². The third-order valence-corrected chi connectivity index (χ3v) is 4.24. The van der Waals surface area contributed by atoms with Gasteiger partial charge in [-0.2, -0.15) is 0 Å². The van der Waals surface area contributed by atoms with Gasteiger partial charge in [0.1, 0.15) is 5.58 Å². The van der Waals surface area contributed by atoms with Crippen molar-refractivity contribution in [2.75, 3.05) is 12.9 Å². The summed E-state index contributed by atoms with van der Waals surface area (Å²) in [7, 11) is 1.31. The van der Waals surface area contributed by atoms with Crippen LogP contribution in [0.25, 0.3) is 11.0 Å². The molecule has 1 unspecified atom stereocenters. The van der Waals surface area contributed by atoms with Crippen molar-refractivity contribution in [1.29, 1.82) is 0 Å². The van der Waals surface area contributed by atoms with E-state index >= 15 is 0 Å². The summed E-state index contributed by atoms with van der Waals surface area (Å²) < 4.78 is 10.6. The molecule has 1 aromatic heterocycles. The van der Waals surface area contributed by atoms with Crippen LogP contribution in [0.15, 0.2) is 32.5 Å². The summed E-state index contributed by atoms with van der Waals surface area (Å²) in [6.07, 6.45) is 0. The van der Waals surface area contributed by atoms with Gasteiger partial charge in [0.2, 0.25) is 0 Å². The van der Waals surface area contributed by atoms with Gasteiger partial charge in [0, 0.05) is 40.4 Å². The molecule has 0 bridgehead atoms. The van der Waals surface area contributed by atoms with E-state index in [1.54, 1.807) is 6.07 Å². The van der Waals surface area contributed by atoms with Gasteiger partial charge in [0.15, 0.2) is 10.5 Å². The summed E-state index contributed by atoms with van der Waals surface area (Å²) in [5.74, 6) is 0.339. The maximum atomic E-state index is 12.3. The van der Waals surface area contributed by atoms with Crippen LogP contribution in [0.1, 0.15) is 34.6 Å². The van der Waals surface area contributed by atoms with Crippen LogP contribution in [0, 0.1) is 0 Å². The molecule has 0 amide bonds. The molecule has 2 aromatic rings. The molecule has 0 aliphatic rings. The van der Waals surface area contributed by atoms with E-state index in [1.807, 2.05) is 13.8 Å². The van der Waals surface area contributed by atoms with Gasteiger partial charge in [0.05, 0.1) is 18.1 Å². The van der Waals surface area contributed by atoms with Crippen molar-refractivity contribution in [1.82, 2.24) is 0 Å². The fourth-order valence-corrected chi connectivity index (χ4v) is 2.96. The van der Waals surface area contributed by atoms with Crippen LogP contribution in [0.3, 0.4) is 0 Å². The number of ether oxygens (including phenoxy) is 1. The molecule has 0 fully saturated rings. The van der Waals surface area contributed by atoms with Crippen molar-refractivity contribution < 1.29 is 13.9 Å². The number of methoxy groups -OCH3 is 1. The molecule has 0 aliphatic carbocycles. The van der Waals surface area contributed by atoms with Crippen molar-refractivity contribution in [2.24, 2.45) is 0 Å². The summed E-state index contributed by atoms with van der Waals surface area (Å²) >= 11 is 4.94. The SMILES string of the molecule is CCSc1cc(=O)c2cc(C(=O)OC)cc(C(C)Br)c2o1.[Sn]. The molecule has 0 aliphatic heterocycles. The first kappa shape index (κ1) is 19.6. The maximum absolute atomic E-state index is 12.3. The zero-order chi connectivity index (χ0) is 15.6. The molecule has 0 saturated carbocycles. The first-order chi connectivity index (χ1) is 9.97. The molecule has 116 valence electrons. The van der Waals surface area contributed by atoms with Gasteiger partial charge < -0.3 is 9.15 Å². The normalized spacial score (nSPS) is 11.8. The minimum Gasteiger partial charge on any atom is -0.465 e. The first-order valence-electron chi connectivity index (χ1n) is 6.45. The van der Waals surface area contributed by atoms with Crippen molar-refractivity contribution in [3.05, 3.63) is 39.5 Å². The van der Waals surface area contributed by atoms with E-state index in [4.69, 9.17) is 9.15 Å². The monoisotopic (exact) mass is 490 g/mol. The minimum absolute atomic E-state index is 0. The Balaban J connectivity index is 0.00000242. The first-order valence-corrected chi connectivity index (χ1v) is 8.35. The predicted octanol–water partition coefficient (Wildman–Crippen LogP) is 3.77. The number of fused-ring (bicyclic) bond motifs is 1. The van der Waals surface area contributed by atoms with E-state index in [0.29, 0.717) is 21.6 Å². The minimum atomic E-state index is -0.474. The Kier molecular flexibility index (Phi) is 7.47. The quantitative estimate of drug-likeness (QED) is 0.283. The Morgan fingerprint density at radius 2 is 2.09 bits per heavy atom. The zero-order valence-corrected chi connectivity index (χ0v) is 17.7. The number of hydrogen-bond acceptors (Lipinski definition) is 5. The third kappa shape index (κ3) is 4.08. The number of alkyl halides is 1. The molecule has 2 rings (SSSR count). The van der Waals surface area contributed by atoms with E-state index in [9.17, 15) is 9.59 Å². The van der Waals surface area contributed by atoms with Crippen molar-refractivity contribution in [2.45, 2.75) is 23.8 Å². The van der Waals surface area contributed by atoms with Gasteiger partial charge in [-0.25, -0.2) is 4.79 Å². The Labute approximate surface area is 158 Å². The average Bonchev–Trinajstić information content (AvgIpc) is 2.45. The van der Waals surface area contributed by atoms with E-state index in [2.05, 4.69) is 15.9 Å². The fraction of sp³-hybridized carbons (Fsp3) is 0.333. The molecular formula is C15H15BrO4SSn. The van der Waals surface area contributed by atoms with Crippen LogP contribution in [0.5, 0.6) is 0 Å². The smallest absolute Gasteiger partial charge is 0.337 e. The molecule has 4 radical (unpaired) electrons. The number of carbonyl (C=O) groups is 1. The predicted molar refractivity (Wildman–Crippen MR) is 93.3 cm³/mol. The van der Waals surface area contributed by atoms with Gasteiger partial charge >= 0.3 is 5.97 Å². The van der Waals surface area contributed by atoms with E-state index in [-0.39, 0.29) is 34.2 Å². The third-order valence-electron chi connectivity index (χ3n) is 2.97. The topological polar surface area (TPSA) is 56.5 Å². The molecule has 4 nitrogen and oxygen atoms in total. The number of halogens is 1. The van der Waals surface area contributed by atoms with Crippen molar-refractivity contribution >= 4 is 68.5 Å². The Hall–Kier alpha value is -0.471. The van der Waals surface area contributed by atoms with Crippen LogP contribution in [0.4, 0.5) is 0 Å². The van der Waals surface area contributed by atoms with Crippen LogP contribution < -0.4 is 5.43 Å². The Morgan fingerprint density at radius 1 is 1.41 bits per heavy atom. The second-order valence-corrected chi connectivity index (χ2v) is 7.05. The summed E-state index contributed by atoms with van der Waals surface area (Å²) in [5, 5.41) is 0.967. The van der Waals surface area contributed by atoms with E-state index in [0.717, 1.165) is 11.3 Å². The number of hydrogen-bond donors (Lipinski definition) is 0. The molecule has 1 heterocycles. The molecule has 1 atom stereocenters. The molecule has 0 spiro atoms. The van der Waals surface area contributed by atoms with Crippen LogP contribution in [-0.2, 0) is 4.74 Å². The van der Waals surface area contributed by atoms with Gasteiger partial charge in [-0.1, -0.05) is 34.6 Å². The number of carbonyl (C=O) groups excluding carboxylic acids is 1. The van der Waals surface area contributed by atoms with Crippen LogP contribution in [0.2, 0.25) is 0 Å². The van der Waals surface area contributed by atoms with E-state index < -0.39 is 5.97 Å². The number of rotatable bonds is 4. The van der Waals surface area contributed by atoms with Gasteiger partial charge in [-0.3, -0.25) is 4.79 Å². The summed E-state index contributed by atoms with van der Waals surface area (Å²) in [6, 6.07) is 4.67. The largest absolute Gasteiger partial charge is 0.465 e. The van der Waals surface area contributed by atoms with Crippen LogP contribution >= 0.6 is 27.7 Å². The number of thioether (sulfide) groups is 1. The van der Waals surface area contributed by atoms with Crippen molar-refractivity contribution in [3.63, 3.8) is 0 Å². The maximum Gasteiger partial charge on any atom is 0.337 e. The number of esters is 1. The van der Waals surface area contributed by atoms with Gasteiger partial charge in [-0.15, -0.1) is 0 Å². The van der Waals surface area contributed by atoms with E-state index in [1.165, 1.54) is 31.0 Å². The standard InChI is InChI=1S/C15H15BrO4S.Sn/c1-4-21-13-7-12(17)11-6-9(15(18)19-3)5-10(8(2)16)14(11)20-13;/h5-8H,4H2,1-3H3;. The second-order valence-electron chi connectivity index (χ2n) is 4.41. The Bertz CT molecular complexity index is 742. The Morgan fingerprint density at radius 3 is 2.64 bits per heavy atom. The fourth-order valence-electron chi connectivity index (χ4n) is 2.01. The summed E-state index contributed by atoms with van der Waals surface area (Å²) in [5.41, 5.74) is 1.45. The number of benzene rings is 1. The zero-order valence-electron chi connectivity index (χ0n) is 12.4. The molecule has 1 aromatic carbocycles. The molecular weight excluding hydrogens is 475 g/mol. The molecule has 22 heavy (non-hydrogen) atoms. The molecule has 7 heteroatoms. The summed E-state index contributed by atoms with van der Waals surface area (Å²) in [4.78, 5) is 23.9. The molecule has 0 saturated heterocycles. The summed E-state index contributed by atoms with van der Waals surface area (Å²) in [6.45, 7) is 3.90. The van der Waals surface area contributed by atoms with Crippen molar-refractivity contribution in [3.8, 4) is 0 Å². The van der Waals surface area contributed by atoms with Gasteiger partial charge in [0.25, 0.3) is 0 Å². The average molecular weight is 490 g/mol. The van der Waals surface area contributed by atoms with Gasteiger partial charge in [-0.05, 0) is 24.8 Å². The molecule has 0 N–H and O–H groups in total. The second kappa shape index (κ2) is 8.40.